The number of nitrogens with zero attached hydrogens (tertiary/aromatic N) is 1. The summed E-state index contributed by atoms with van der Waals surface area (Å²) >= 11 is 0. The molecular formula is C18H25IN4O2. The van der Waals surface area contributed by atoms with Gasteiger partial charge in [-0.3, -0.25) is 9.79 Å². The molecule has 1 aromatic carbocycles. The molecular weight excluding hydrogens is 431 g/mol. The number of guanidine groups is 1. The zero-order valence-electron chi connectivity index (χ0n) is 14.8. The molecule has 1 heterocycles. The van der Waals surface area contributed by atoms with Gasteiger partial charge in [0.15, 0.2) is 11.7 Å². The Morgan fingerprint density at radius 2 is 1.92 bits per heavy atom. The number of aryl methyl sites for hydroxylation is 3. The SMILES string of the molecule is Cc1ccc(NC(N)=NCCCNC(=O)c2occc2C)cc1C.I. The van der Waals surface area contributed by atoms with Gasteiger partial charge in [-0.05, 0) is 56.5 Å². The van der Waals surface area contributed by atoms with Gasteiger partial charge in [0, 0.05) is 24.3 Å². The van der Waals surface area contributed by atoms with Gasteiger partial charge in [-0.2, -0.15) is 0 Å². The van der Waals surface area contributed by atoms with Crippen LogP contribution in [0, 0.1) is 20.8 Å². The fourth-order valence-electron chi connectivity index (χ4n) is 2.17. The van der Waals surface area contributed by atoms with Gasteiger partial charge < -0.3 is 20.8 Å². The van der Waals surface area contributed by atoms with E-state index in [4.69, 9.17) is 10.2 Å². The predicted octanol–water partition coefficient (Wildman–Crippen LogP) is 3.37. The molecule has 2 rings (SSSR count). The fourth-order valence-corrected chi connectivity index (χ4v) is 2.17. The molecule has 0 fully saturated rings. The average molecular weight is 456 g/mol. The van der Waals surface area contributed by atoms with Crippen molar-refractivity contribution < 1.29 is 9.21 Å². The summed E-state index contributed by atoms with van der Waals surface area (Å²) < 4.78 is 5.14. The van der Waals surface area contributed by atoms with Crippen molar-refractivity contribution in [1.29, 1.82) is 0 Å². The number of hydrogen-bond acceptors (Lipinski definition) is 3. The summed E-state index contributed by atoms with van der Waals surface area (Å²) in [5.74, 6) is 0.517. The van der Waals surface area contributed by atoms with Crippen LogP contribution in [-0.4, -0.2) is 25.0 Å². The zero-order valence-corrected chi connectivity index (χ0v) is 17.1. The van der Waals surface area contributed by atoms with Gasteiger partial charge in [0.2, 0.25) is 0 Å². The first kappa shape index (κ1) is 21.0. The molecule has 2 aromatic rings. The van der Waals surface area contributed by atoms with Gasteiger partial charge in [0.25, 0.3) is 5.91 Å². The highest BCUT2D eigenvalue weighted by Crippen LogP contribution is 2.13. The summed E-state index contributed by atoms with van der Waals surface area (Å²) in [6.07, 6.45) is 2.20. The first-order chi connectivity index (χ1) is 11.5. The number of rotatable bonds is 6. The Labute approximate surface area is 165 Å². The van der Waals surface area contributed by atoms with E-state index in [2.05, 4.69) is 29.5 Å². The number of carbonyl (C=O) groups excluding carboxylic acids is 1. The minimum absolute atomic E-state index is 0. The third kappa shape index (κ3) is 6.41. The summed E-state index contributed by atoms with van der Waals surface area (Å²) in [4.78, 5) is 16.1. The van der Waals surface area contributed by atoms with Crippen LogP contribution in [0.25, 0.3) is 0 Å². The molecule has 0 aliphatic rings. The van der Waals surface area contributed by atoms with Crippen LogP contribution >= 0.6 is 24.0 Å². The van der Waals surface area contributed by atoms with Crippen LogP contribution in [0.1, 0.15) is 33.7 Å². The Morgan fingerprint density at radius 1 is 1.16 bits per heavy atom. The molecule has 7 heteroatoms. The molecule has 1 aromatic heterocycles. The lowest BCUT2D eigenvalue weighted by Gasteiger charge is -2.08. The molecule has 0 aliphatic heterocycles. The molecule has 6 nitrogen and oxygen atoms in total. The summed E-state index contributed by atoms with van der Waals surface area (Å²) in [5.41, 5.74) is 10.0. The van der Waals surface area contributed by atoms with E-state index in [-0.39, 0.29) is 29.9 Å². The van der Waals surface area contributed by atoms with Crippen molar-refractivity contribution >= 4 is 41.5 Å². The van der Waals surface area contributed by atoms with Crippen molar-refractivity contribution in [1.82, 2.24) is 5.32 Å². The molecule has 0 atom stereocenters. The summed E-state index contributed by atoms with van der Waals surface area (Å²) in [7, 11) is 0. The van der Waals surface area contributed by atoms with Gasteiger partial charge in [0.05, 0.1) is 6.26 Å². The highest BCUT2D eigenvalue weighted by Gasteiger charge is 2.11. The molecule has 25 heavy (non-hydrogen) atoms. The maximum absolute atomic E-state index is 11.8. The lowest BCUT2D eigenvalue weighted by Crippen LogP contribution is -2.26. The molecule has 0 saturated heterocycles. The third-order valence-corrected chi connectivity index (χ3v) is 3.75. The zero-order chi connectivity index (χ0) is 17.5. The van der Waals surface area contributed by atoms with Crippen LogP contribution < -0.4 is 16.4 Å². The Kier molecular flexibility index (Phi) is 8.47. The van der Waals surface area contributed by atoms with Crippen LogP contribution in [0.15, 0.2) is 39.9 Å². The molecule has 136 valence electrons. The van der Waals surface area contributed by atoms with E-state index < -0.39 is 0 Å². The molecule has 0 bridgehead atoms. The number of hydrogen-bond donors (Lipinski definition) is 3. The highest BCUT2D eigenvalue weighted by atomic mass is 127. The van der Waals surface area contributed by atoms with E-state index in [0.29, 0.717) is 31.2 Å². The molecule has 0 saturated carbocycles. The molecule has 0 spiro atoms. The average Bonchev–Trinajstić information content (AvgIpc) is 2.96. The van der Waals surface area contributed by atoms with Crippen molar-refractivity contribution in [2.24, 2.45) is 10.7 Å². The van der Waals surface area contributed by atoms with Crippen LogP contribution in [0.2, 0.25) is 0 Å². The largest absolute Gasteiger partial charge is 0.459 e. The molecule has 0 aliphatic carbocycles. The van der Waals surface area contributed by atoms with Crippen molar-refractivity contribution in [2.75, 3.05) is 18.4 Å². The summed E-state index contributed by atoms with van der Waals surface area (Å²) in [5, 5.41) is 5.86. The second kappa shape index (κ2) is 10.1. The van der Waals surface area contributed by atoms with E-state index in [0.717, 1.165) is 11.3 Å². The van der Waals surface area contributed by atoms with Crippen LogP contribution in [0.3, 0.4) is 0 Å². The number of nitrogens with two attached hydrogens (primary N) is 1. The minimum Gasteiger partial charge on any atom is -0.459 e. The number of nitrogens with one attached hydrogen (secondary N) is 2. The number of halogens is 1. The topological polar surface area (TPSA) is 92.6 Å². The Morgan fingerprint density at radius 3 is 2.56 bits per heavy atom. The number of anilines is 1. The van der Waals surface area contributed by atoms with Crippen LogP contribution in [0.4, 0.5) is 5.69 Å². The quantitative estimate of drug-likeness (QED) is 0.269. The molecule has 1 amide bonds. The molecule has 0 radical (unpaired) electrons. The second-order valence-electron chi connectivity index (χ2n) is 5.73. The van der Waals surface area contributed by atoms with Crippen molar-refractivity contribution in [3.05, 3.63) is 53.0 Å². The number of aliphatic imine (C=N–C) groups is 1. The first-order valence-electron chi connectivity index (χ1n) is 7.94. The minimum atomic E-state index is -0.206. The van der Waals surface area contributed by atoms with E-state index in [1.807, 2.05) is 25.1 Å². The van der Waals surface area contributed by atoms with Crippen molar-refractivity contribution in [2.45, 2.75) is 27.2 Å². The molecule has 0 unspecified atom stereocenters. The lowest BCUT2D eigenvalue weighted by atomic mass is 10.1. The van der Waals surface area contributed by atoms with Crippen molar-refractivity contribution in [3.63, 3.8) is 0 Å². The fraction of sp³-hybridized carbons (Fsp3) is 0.333. The Bertz CT molecular complexity index is 740. The van der Waals surface area contributed by atoms with Crippen LogP contribution in [0.5, 0.6) is 0 Å². The molecule has 4 N–H and O–H groups in total. The number of furan rings is 1. The van der Waals surface area contributed by atoms with Gasteiger partial charge >= 0.3 is 0 Å². The monoisotopic (exact) mass is 456 g/mol. The Hall–Kier alpha value is -2.03. The standard InChI is InChI=1S/C18H24N4O2.HI/c1-12-5-6-15(11-14(12)3)22-18(19)21-9-4-8-20-17(23)16-13(2)7-10-24-16;/h5-7,10-11H,4,8-9H2,1-3H3,(H,20,23)(H3,19,21,22);1H. The number of benzene rings is 1. The van der Waals surface area contributed by atoms with E-state index >= 15 is 0 Å². The van der Waals surface area contributed by atoms with E-state index in [1.54, 1.807) is 6.07 Å². The maximum atomic E-state index is 11.8. The van der Waals surface area contributed by atoms with Gasteiger partial charge in [-0.15, -0.1) is 24.0 Å². The van der Waals surface area contributed by atoms with Crippen molar-refractivity contribution in [3.8, 4) is 0 Å². The third-order valence-electron chi connectivity index (χ3n) is 3.75. The second-order valence-corrected chi connectivity index (χ2v) is 5.73. The van der Waals surface area contributed by atoms with E-state index in [9.17, 15) is 4.79 Å². The van der Waals surface area contributed by atoms with Crippen LogP contribution in [-0.2, 0) is 0 Å². The van der Waals surface area contributed by atoms with Gasteiger partial charge in [0.1, 0.15) is 0 Å². The first-order valence-corrected chi connectivity index (χ1v) is 7.94. The lowest BCUT2D eigenvalue weighted by molar-refractivity contribution is 0.0925. The number of carbonyl (C=O) groups is 1. The van der Waals surface area contributed by atoms with E-state index in [1.165, 1.54) is 17.4 Å². The summed E-state index contributed by atoms with van der Waals surface area (Å²) in [6.45, 7) is 6.99. The Balaban J connectivity index is 0.00000312. The van der Waals surface area contributed by atoms with Gasteiger partial charge in [-0.25, -0.2) is 0 Å². The normalized spacial score (nSPS) is 10.9. The smallest absolute Gasteiger partial charge is 0.287 e. The maximum Gasteiger partial charge on any atom is 0.287 e. The van der Waals surface area contributed by atoms with Gasteiger partial charge in [-0.1, -0.05) is 6.07 Å². The summed E-state index contributed by atoms with van der Waals surface area (Å²) in [6, 6.07) is 7.80. The predicted molar refractivity (Wildman–Crippen MR) is 112 cm³/mol. The number of amides is 1. The highest BCUT2D eigenvalue weighted by molar-refractivity contribution is 14.0.